The van der Waals surface area contributed by atoms with E-state index < -0.39 is 0 Å². The summed E-state index contributed by atoms with van der Waals surface area (Å²) in [5.41, 5.74) is 6.21. The molecule has 0 bridgehead atoms. The van der Waals surface area contributed by atoms with E-state index in [4.69, 9.17) is 5.84 Å². The lowest BCUT2D eigenvalue weighted by Crippen LogP contribution is -2.36. The van der Waals surface area contributed by atoms with Crippen molar-refractivity contribution in [2.75, 3.05) is 0 Å². The Hall–Kier alpha value is -1.00. The van der Waals surface area contributed by atoms with E-state index in [0.717, 1.165) is 17.3 Å². The zero-order valence-electron chi connectivity index (χ0n) is 12.3. The lowest BCUT2D eigenvalue weighted by atomic mass is 9.75. The van der Waals surface area contributed by atoms with E-state index in [1.165, 1.54) is 37.7 Å². The lowest BCUT2D eigenvalue weighted by Gasteiger charge is -2.34. The monoisotopic (exact) mass is 262 g/mol. The van der Waals surface area contributed by atoms with Gasteiger partial charge in [0, 0.05) is 0 Å². The number of hydrogen-bond acceptors (Lipinski definition) is 4. The summed E-state index contributed by atoms with van der Waals surface area (Å²) >= 11 is 0. The zero-order chi connectivity index (χ0) is 13.8. The van der Waals surface area contributed by atoms with E-state index >= 15 is 0 Å². The molecule has 0 aromatic carbocycles. The summed E-state index contributed by atoms with van der Waals surface area (Å²) < 4.78 is 0. The number of nitrogens with zero attached hydrogens (tertiary/aromatic N) is 2. The maximum Gasteiger partial charge on any atom is 0.0648 e. The molecule has 1 heterocycles. The number of rotatable bonds is 4. The van der Waals surface area contributed by atoms with Crippen LogP contribution < -0.4 is 11.3 Å². The number of aromatic nitrogens is 2. The Kier molecular flexibility index (Phi) is 4.88. The van der Waals surface area contributed by atoms with Crippen LogP contribution in [0.5, 0.6) is 0 Å². The standard InChI is InChI=1S/C15H26N4/c1-4-12-6-5-7-13(9-12)15(17-16)14-8-10(2)18-19-11(14)3/h8,12-13,15,17H,4-7,9,16H2,1-3H3. The van der Waals surface area contributed by atoms with Crippen molar-refractivity contribution in [2.45, 2.75) is 58.9 Å². The molecule has 0 radical (unpaired) electrons. The molecule has 4 nitrogen and oxygen atoms in total. The summed E-state index contributed by atoms with van der Waals surface area (Å²) in [5, 5.41) is 8.35. The average Bonchev–Trinajstić information content (AvgIpc) is 2.44. The van der Waals surface area contributed by atoms with Crippen LogP contribution in [-0.4, -0.2) is 10.2 Å². The largest absolute Gasteiger partial charge is 0.271 e. The summed E-state index contributed by atoms with van der Waals surface area (Å²) in [6, 6.07) is 2.34. The second-order valence-corrected chi connectivity index (χ2v) is 5.87. The minimum atomic E-state index is 0.212. The van der Waals surface area contributed by atoms with E-state index in [2.05, 4.69) is 28.6 Å². The van der Waals surface area contributed by atoms with Crippen molar-refractivity contribution in [3.05, 3.63) is 23.0 Å². The van der Waals surface area contributed by atoms with Gasteiger partial charge in [-0.05, 0) is 50.2 Å². The van der Waals surface area contributed by atoms with E-state index in [1.54, 1.807) is 0 Å². The summed E-state index contributed by atoms with van der Waals surface area (Å²) in [6.45, 7) is 6.30. The van der Waals surface area contributed by atoms with Gasteiger partial charge in [-0.25, -0.2) is 0 Å². The highest BCUT2D eigenvalue weighted by Crippen LogP contribution is 2.38. The van der Waals surface area contributed by atoms with Crippen molar-refractivity contribution in [2.24, 2.45) is 17.7 Å². The molecular formula is C15H26N4. The smallest absolute Gasteiger partial charge is 0.0648 e. The summed E-state index contributed by atoms with van der Waals surface area (Å²) in [7, 11) is 0. The molecule has 4 heteroatoms. The molecule has 0 saturated heterocycles. The number of nitrogens with two attached hydrogens (primary N) is 1. The van der Waals surface area contributed by atoms with Crippen molar-refractivity contribution in [3.63, 3.8) is 0 Å². The Morgan fingerprint density at radius 3 is 2.84 bits per heavy atom. The fourth-order valence-electron chi connectivity index (χ4n) is 3.37. The highest BCUT2D eigenvalue weighted by atomic mass is 15.2. The second kappa shape index (κ2) is 6.44. The van der Waals surface area contributed by atoms with Crippen molar-refractivity contribution >= 4 is 0 Å². The van der Waals surface area contributed by atoms with E-state index in [-0.39, 0.29) is 6.04 Å². The summed E-state index contributed by atoms with van der Waals surface area (Å²) in [4.78, 5) is 0. The first-order valence-electron chi connectivity index (χ1n) is 7.42. The van der Waals surface area contributed by atoms with Crippen LogP contribution in [-0.2, 0) is 0 Å². The Morgan fingerprint density at radius 2 is 2.16 bits per heavy atom. The number of nitrogens with one attached hydrogen (secondary N) is 1. The maximum absolute atomic E-state index is 5.84. The van der Waals surface area contributed by atoms with Gasteiger partial charge in [0.25, 0.3) is 0 Å². The van der Waals surface area contributed by atoms with E-state index in [0.29, 0.717) is 5.92 Å². The van der Waals surface area contributed by atoms with Crippen LogP contribution >= 0.6 is 0 Å². The second-order valence-electron chi connectivity index (χ2n) is 5.87. The van der Waals surface area contributed by atoms with E-state index in [1.807, 2.05) is 13.8 Å². The summed E-state index contributed by atoms with van der Waals surface area (Å²) in [5.74, 6) is 7.31. The van der Waals surface area contributed by atoms with Gasteiger partial charge in [0.05, 0.1) is 17.4 Å². The van der Waals surface area contributed by atoms with Gasteiger partial charge in [-0.15, -0.1) is 0 Å². The normalized spacial score (nSPS) is 25.3. The van der Waals surface area contributed by atoms with Crippen LogP contribution in [0.25, 0.3) is 0 Å². The van der Waals surface area contributed by atoms with Gasteiger partial charge in [-0.2, -0.15) is 10.2 Å². The number of hydrazine groups is 1. The first-order chi connectivity index (χ1) is 9.15. The maximum atomic E-state index is 5.84. The Balaban J connectivity index is 2.21. The minimum Gasteiger partial charge on any atom is -0.271 e. The fourth-order valence-corrected chi connectivity index (χ4v) is 3.37. The molecule has 3 unspecified atom stereocenters. The molecule has 3 N–H and O–H groups in total. The van der Waals surface area contributed by atoms with Crippen LogP contribution in [0.1, 0.15) is 62.0 Å². The summed E-state index contributed by atoms with van der Waals surface area (Å²) in [6.07, 6.45) is 6.49. The zero-order valence-corrected chi connectivity index (χ0v) is 12.3. The molecular weight excluding hydrogens is 236 g/mol. The number of aryl methyl sites for hydroxylation is 2. The van der Waals surface area contributed by atoms with Gasteiger partial charge in [0.15, 0.2) is 0 Å². The molecule has 106 valence electrons. The molecule has 3 atom stereocenters. The molecule has 0 spiro atoms. The van der Waals surface area contributed by atoms with Crippen molar-refractivity contribution in [1.29, 1.82) is 0 Å². The third-order valence-electron chi connectivity index (χ3n) is 4.53. The first-order valence-corrected chi connectivity index (χ1v) is 7.42. The quantitative estimate of drug-likeness (QED) is 0.647. The van der Waals surface area contributed by atoms with Crippen molar-refractivity contribution in [3.8, 4) is 0 Å². The predicted octanol–water partition coefficient (Wildman–Crippen LogP) is 2.81. The molecule has 1 aliphatic carbocycles. The van der Waals surface area contributed by atoms with Crippen LogP contribution in [0.15, 0.2) is 6.07 Å². The molecule has 1 aromatic heterocycles. The molecule has 0 amide bonds. The lowest BCUT2D eigenvalue weighted by molar-refractivity contribution is 0.209. The molecule has 1 saturated carbocycles. The molecule has 19 heavy (non-hydrogen) atoms. The Labute approximate surface area is 116 Å². The Morgan fingerprint density at radius 1 is 1.37 bits per heavy atom. The third kappa shape index (κ3) is 3.31. The molecule has 1 fully saturated rings. The number of hydrogen-bond donors (Lipinski definition) is 2. The molecule has 1 aromatic rings. The van der Waals surface area contributed by atoms with Crippen LogP contribution in [0.3, 0.4) is 0 Å². The molecule has 1 aliphatic rings. The van der Waals surface area contributed by atoms with Gasteiger partial charge >= 0.3 is 0 Å². The van der Waals surface area contributed by atoms with Gasteiger partial charge in [0.1, 0.15) is 0 Å². The SMILES string of the molecule is CCC1CCCC(C(NN)c2cc(C)nnc2C)C1. The minimum absolute atomic E-state index is 0.212. The van der Waals surface area contributed by atoms with Gasteiger partial charge in [0.2, 0.25) is 0 Å². The van der Waals surface area contributed by atoms with E-state index in [9.17, 15) is 0 Å². The average molecular weight is 262 g/mol. The van der Waals surface area contributed by atoms with Gasteiger partial charge in [-0.1, -0.05) is 26.2 Å². The first kappa shape index (κ1) is 14.4. The van der Waals surface area contributed by atoms with Crippen molar-refractivity contribution < 1.29 is 0 Å². The highest BCUT2D eigenvalue weighted by Gasteiger charge is 2.29. The predicted molar refractivity (Wildman–Crippen MR) is 77.3 cm³/mol. The van der Waals surface area contributed by atoms with Gasteiger partial charge in [-0.3, -0.25) is 11.3 Å². The molecule has 2 rings (SSSR count). The molecule has 0 aliphatic heterocycles. The topological polar surface area (TPSA) is 63.8 Å². The highest BCUT2D eigenvalue weighted by molar-refractivity contribution is 5.24. The van der Waals surface area contributed by atoms with Crippen LogP contribution in [0.2, 0.25) is 0 Å². The Bertz CT molecular complexity index is 419. The van der Waals surface area contributed by atoms with Crippen LogP contribution in [0.4, 0.5) is 0 Å². The fraction of sp³-hybridized carbons (Fsp3) is 0.733. The van der Waals surface area contributed by atoms with Gasteiger partial charge < -0.3 is 0 Å². The van der Waals surface area contributed by atoms with Crippen LogP contribution in [0, 0.1) is 25.7 Å². The third-order valence-corrected chi connectivity index (χ3v) is 4.53. The van der Waals surface area contributed by atoms with Crippen molar-refractivity contribution in [1.82, 2.24) is 15.6 Å².